The van der Waals surface area contributed by atoms with Gasteiger partial charge in [-0.15, -0.1) is 11.3 Å². The van der Waals surface area contributed by atoms with Crippen molar-refractivity contribution < 1.29 is 14.5 Å². The molecule has 1 aliphatic heterocycles. The van der Waals surface area contributed by atoms with Gasteiger partial charge >= 0.3 is 6.03 Å². The van der Waals surface area contributed by atoms with Crippen LogP contribution in [0.15, 0.2) is 24.3 Å². The highest BCUT2D eigenvalue weighted by Crippen LogP contribution is 2.31. The summed E-state index contributed by atoms with van der Waals surface area (Å²) in [6, 6.07) is 8.17. The fourth-order valence-electron chi connectivity index (χ4n) is 4.38. The highest BCUT2D eigenvalue weighted by Gasteiger charge is 2.27. The van der Waals surface area contributed by atoms with Crippen LogP contribution in [0.4, 0.5) is 4.79 Å². The van der Waals surface area contributed by atoms with Gasteiger partial charge in [0, 0.05) is 24.8 Å². The zero-order valence-corrected chi connectivity index (χ0v) is 17.0. The van der Waals surface area contributed by atoms with Crippen molar-refractivity contribution >= 4 is 33.5 Å². The van der Waals surface area contributed by atoms with Crippen LogP contribution in [0.2, 0.25) is 0 Å². The van der Waals surface area contributed by atoms with Gasteiger partial charge in [0.25, 0.3) is 5.91 Å². The zero-order valence-electron chi connectivity index (χ0n) is 16.2. The van der Waals surface area contributed by atoms with Crippen molar-refractivity contribution in [3.8, 4) is 0 Å². The van der Waals surface area contributed by atoms with E-state index in [4.69, 9.17) is 4.98 Å². The number of hydrogen-bond donors (Lipinski definition) is 3. The second-order valence-electron chi connectivity index (χ2n) is 8.08. The van der Waals surface area contributed by atoms with Crippen molar-refractivity contribution in [2.24, 2.45) is 0 Å². The molecule has 1 saturated heterocycles. The van der Waals surface area contributed by atoms with Gasteiger partial charge in [-0.3, -0.25) is 10.1 Å². The van der Waals surface area contributed by atoms with Gasteiger partial charge in [0.2, 0.25) is 0 Å². The van der Waals surface area contributed by atoms with Gasteiger partial charge < -0.3 is 10.2 Å². The smallest absolute Gasteiger partial charge is 0.321 e. The lowest BCUT2D eigenvalue weighted by atomic mass is 9.96. The van der Waals surface area contributed by atoms with E-state index in [9.17, 15) is 9.59 Å². The van der Waals surface area contributed by atoms with Crippen LogP contribution < -0.4 is 15.5 Å². The Bertz CT molecular complexity index is 790. The molecule has 0 unspecified atom stereocenters. The van der Waals surface area contributed by atoms with E-state index in [1.165, 1.54) is 21.0 Å². The zero-order chi connectivity index (χ0) is 19.3. The number of nitrogens with one attached hydrogen (secondary N) is 3. The molecule has 2 aliphatic rings. The number of imide groups is 1. The third-order valence-electron chi connectivity index (χ3n) is 5.96. The van der Waals surface area contributed by atoms with Crippen LogP contribution >= 0.6 is 11.3 Å². The summed E-state index contributed by atoms with van der Waals surface area (Å²) in [5.74, 6) is 0.306. The number of carbonyl (C=O) groups is 2. The average Bonchev–Trinajstić information content (AvgIpc) is 3.13. The maximum Gasteiger partial charge on any atom is 0.321 e. The average molecular weight is 402 g/mol. The van der Waals surface area contributed by atoms with Crippen molar-refractivity contribution in [3.63, 3.8) is 0 Å². The number of benzene rings is 1. The molecule has 1 aliphatic carbocycles. The number of carbonyl (C=O) groups excluding carboxylic acids is 2. The van der Waals surface area contributed by atoms with Crippen LogP contribution in [0, 0.1) is 0 Å². The SMILES string of the molecule is O=C(C[NH+]1CCC(c2nc3ccccc3s2)CC1)NC(=O)NC1CCCCC1. The van der Waals surface area contributed by atoms with Crippen LogP contribution in [-0.2, 0) is 4.79 Å². The first-order valence-electron chi connectivity index (χ1n) is 10.5. The predicted octanol–water partition coefficient (Wildman–Crippen LogP) is 2.22. The molecule has 1 aromatic carbocycles. The van der Waals surface area contributed by atoms with E-state index in [2.05, 4.69) is 28.8 Å². The molecule has 28 heavy (non-hydrogen) atoms. The van der Waals surface area contributed by atoms with E-state index in [0.717, 1.165) is 57.1 Å². The molecular formula is C21H29N4O2S+. The number of para-hydroxylation sites is 1. The summed E-state index contributed by atoms with van der Waals surface area (Å²) in [6.45, 7) is 2.25. The summed E-state index contributed by atoms with van der Waals surface area (Å²) in [5.41, 5.74) is 1.08. The monoisotopic (exact) mass is 401 g/mol. The van der Waals surface area contributed by atoms with Crippen molar-refractivity contribution in [2.45, 2.75) is 56.9 Å². The molecule has 1 saturated carbocycles. The Kier molecular flexibility index (Phi) is 6.22. The Morgan fingerprint density at radius 1 is 1.07 bits per heavy atom. The van der Waals surface area contributed by atoms with E-state index in [1.54, 1.807) is 11.3 Å². The minimum atomic E-state index is -0.333. The molecule has 4 rings (SSSR count). The Morgan fingerprint density at radius 2 is 1.82 bits per heavy atom. The van der Waals surface area contributed by atoms with Gasteiger partial charge in [0.1, 0.15) is 0 Å². The molecule has 7 heteroatoms. The van der Waals surface area contributed by atoms with Crippen LogP contribution in [0.5, 0.6) is 0 Å². The largest absolute Gasteiger partial charge is 0.335 e. The third kappa shape index (κ3) is 4.89. The quantitative estimate of drug-likeness (QED) is 0.735. The highest BCUT2D eigenvalue weighted by molar-refractivity contribution is 7.18. The van der Waals surface area contributed by atoms with Gasteiger partial charge in [0.05, 0.1) is 28.3 Å². The molecule has 1 aromatic heterocycles. The predicted molar refractivity (Wildman–Crippen MR) is 111 cm³/mol. The highest BCUT2D eigenvalue weighted by atomic mass is 32.1. The van der Waals surface area contributed by atoms with E-state index in [-0.39, 0.29) is 18.0 Å². The maximum atomic E-state index is 12.2. The molecule has 3 N–H and O–H groups in total. The number of nitrogens with zero attached hydrogens (tertiary/aromatic N) is 1. The van der Waals surface area contributed by atoms with E-state index in [1.807, 2.05) is 6.07 Å². The van der Waals surface area contributed by atoms with Crippen LogP contribution in [0.3, 0.4) is 0 Å². The summed E-state index contributed by atoms with van der Waals surface area (Å²) in [5, 5.41) is 6.68. The molecule has 0 bridgehead atoms. The number of thiazole rings is 1. The van der Waals surface area contributed by atoms with Gasteiger partial charge in [0.15, 0.2) is 6.54 Å². The van der Waals surface area contributed by atoms with E-state index >= 15 is 0 Å². The molecule has 0 atom stereocenters. The number of aromatic nitrogens is 1. The van der Waals surface area contributed by atoms with E-state index in [0.29, 0.717) is 12.5 Å². The molecule has 2 aromatic rings. The number of hydrogen-bond acceptors (Lipinski definition) is 4. The molecule has 150 valence electrons. The van der Waals surface area contributed by atoms with Gasteiger partial charge in [-0.2, -0.15) is 0 Å². The molecule has 0 radical (unpaired) electrons. The van der Waals surface area contributed by atoms with Crippen molar-refractivity contribution in [3.05, 3.63) is 29.3 Å². The van der Waals surface area contributed by atoms with Crippen LogP contribution in [0.25, 0.3) is 10.2 Å². The number of rotatable bonds is 4. The second-order valence-corrected chi connectivity index (χ2v) is 9.14. The first kappa shape index (κ1) is 19.3. The van der Waals surface area contributed by atoms with Crippen molar-refractivity contribution in [2.75, 3.05) is 19.6 Å². The van der Waals surface area contributed by atoms with E-state index < -0.39 is 0 Å². The molecule has 2 heterocycles. The minimum Gasteiger partial charge on any atom is -0.335 e. The molecule has 2 fully saturated rings. The van der Waals surface area contributed by atoms with Gasteiger partial charge in [-0.05, 0) is 25.0 Å². The first-order valence-corrected chi connectivity index (χ1v) is 11.3. The Morgan fingerprint density at radius 3 is 2.57 bits per heavy atom. The summed E-state index contributed by atoms with van der Waals surface area (Å²) in [6.07, 6.45) is 7.68. The molecule has 3 amide bonds. The summed E-state index contributed by atoms with van der Waals surface area (Å²) < 4.78 is 1.25. The fraction of sp³-hybridized carbons (Fsp3) is 0.571. The number of amides is 3. The topological polar surface area (TPSA) is 75.5 Å². The Balaban J connectivity index is 1.21. The summed E-state index contributed by atoms with van der Waals surface area (Å²) in [4.78, 5) is 30.3. The number of fused-ring (bicyclic) bond motifs is 1. The lowest BCUT2D eigenvalue weighted by molar-refractivity contribution is -0.897. The minimum absolute atomic E-state index is 0.179. The standard InChI is InChI=1S/C21H28N4O2S/c26-19(24-21(27)22-16-6-2-1-3-7-16)14-25-12-10-15(11-13-25)20-23-17-8-4-5-9-18(17)28-20/h4-5,8-9,15-16H,1-3,6-7,10-14H2,(H2,22,24,26,27)/p+1. The molecule has 0 spiro atoms. The third-order valence-corrected chi connectivity index (χ3v) is 7.16. The number of piperidine rings is 1. The van der Waals surface area contributed by atoms with Crippen LogP contribution in [0.1, 0.15) is 55.9 Å². The number of likely N-dealkylation sites (tertiary alicyclic amines) is 1. The van der Waals surface area contributed by atoms with Crippen molar-refractivity contribution in [1.29, 1.82) is 0 Å². The maximum absolute atomic E-state index is 12.2. The van der Waals surface area contributed by atoms with Crippen molar-refractivity contribution in [1.82, 2.24) is 15.6 Å². The lowest BCUT2D eigenvalue weighted by Gasteiger charge is -2.28. The lowest BCUT2D eigenvalue weighted by Crippen LogP contribution is -3.14. The second kappa shape index (κ2) is 9.01. The molecular weight excluding hydrogens is 372 g/mol. The Hall–Kier alpha value is -1.99. The van der Waals surface area contributed by atoms with Gasteiger partial charge in [-0.1, -0.05) is 31.4 Å². The summed E-state index contributed by atoms with van der Waals surface area (Å²) >= 11 is 1.79. The number of quaternary nitrogens is 1. The normalized spacial score (nSPS) is 23.4. The molecule has 6 nitrogen and oxygen atoms in total. The van der Waals surface area contributed by atoms with Gasteiger partial charge in [-0.25, -0.2) is 9.78 Å². The number of urea groups is 1. The summed E-state index contributed by atoms with van der Waals surface area (Å²) in [7, 11) is 0. The fourth-order valence-corrected chi connectivity index (χ4v) is 5.52. The first-order chi connectivity index (χ1) is 13.7. The Labute approximate surface area is 169 Å². The van der Waals surface area contributed by atoms with Crippen LogP contribution in [-0.4, -0.2) is 42.6 Å².